The highest BCUT2D eigenvalue weighted by Gasteiger charge is 2.29. The van der Waals surface area contributed by atoms with Crippen molar-refractivity contribution in [3.63, 3.8) is 0 Å². The number of carbonyl (C=O) groups excluding carboxylic acids is 2. The number of aromatic nitrogens is 1. The van der Waals surface area contributed by atoms with E-state index in [-0.39, 0.29) is 17.7 Å². The van der Waals surface area contributed by atoms with Gasteiger partial charge in [0, 0.05) is 41.5 Å². The van der Waals surface area contributed by atoms with Gasteiger partial charge in [0.25, 0.3) is 5.91 Å². The number of nitrogens with one attached hydrogen (secondary N) is 1. The van der Waals surface area contributed by atoms with Crippen molar-refractivity contribution in [2.75, 3.05) is 19.0 Å². The molecule has 1 unspecified atom stereocenters. The molecule has 0 saturated heterocycles. The summed E-state index contributed by atoms with van der Waals surface area (Å²) in [5.41, 5.74) is 3.88. The number of methoxy groups -OCH3 is 1. The molecule has 1 N–H and O–H groups in total. The molecule has 4 rings (SSSR count). The fourth-order valence-electron chi connectivity index (χ4n) is 4.11. The molecule has 2 heterocycles. The standard InChI is InChI=1S/C28H30N4O4/c1-4-20-17-26(33)32(31-27(20)22-8-11-24(36-5-2)25(16-22)35-3)18-19-6-9-23(10-7-19)30-28(34)21-12-14-29-15-13-21/h6-16,20H,4-5,17-18H2,1-3H3,(H,30,34). The van der Waals surface area contributed by atoms with Crippen LogP contribution in [0.15, 0.2) is 72.1 Å². The lowest BCUT2D eigenvalue weighted by molar-refractivity contribution is -0.133. The molecule has 0 bridgehead atoms. The Bertz CT molecular complexity index is 1240. The zero-order valence-electron chi connectivity index (χ0n) is 20.7. The number of pyridine rings is 1. The van der Waals surface area contributed by atoms with E-state index in [4.69, 9.17) is 14.6 Å². The van der Waals surface area contributed by atoms with Crippen LogP contribution in [0.2, 0.25) is 0 Å². The highest BCUT2D eigenvalue weighted by atomic mass is 16.5. The number of hydrazone groups is 1. The van der Waals surface area contributed by atoms with E-state index in [2.05, 4.69) is 17.2 Å². The molecule has 0 aliphatic carbocycles. The first-order valence-corrected chi connectivity index (χ1v) is 12.0. The van der Waals surface area contributed by atoms with Gasteiger partial charge in [-0.05, 0) is 61.4 Å². The largest absolute Gasteiger partial charge is 0.493 e. The molecule has 186 valence electrons. The smallest absolute Gasteiger partial charge is 0.255 e. The minimum absolute atomic E-state index is 0.0152. The van der Waals surface area contributed by atoms with Crippen molar-refractivity contribution in [1.29, 1.82) is 0 Å². The van der Waals surface area contributed by atoms with Crippen molar-refractivity contribution < 1.29 is 19.1 Å². The van der Waals surface area contributed by atoms with Gasteiger partial charge in [-0.3, -0.25) is 14.6 Å². The van der Waals surface area contributed by atoms with E-state index in [9.17, 15) is 9.59 Å². The fraction of sp³-hybridized carbons (Fsp3) is 0.286. The summed E-state index contributed by atoms with van der Waals surface area (Å²) in [5, 5.41) is 9.16. The quantitative estimate of drug-likeness (QED) is 0.464. The molecule has 3 aromatic rings. The van der Waals surface area contributed by atoms with Crippen molar-refractivity contribution in [3.8, 4) is 11.5 Å². The Morgan fingerprint density at radius 1 is 1.06 bits per heavy atom. The molecule has 2 amide bonds. The lowest BCUT2D eigenvalue weighted by Crippen LogP contribution is -2.36. The SMILES string of the molecule is CCOc1ccc(C2=NN(Cc3ccc(NC(=O)c4ccncc4)cc3)C(=O)CC2CC)cc1OC. The molecule has 8 nitrogen and oxygen atoms in total. The van der Waals surface area contributed by atoms with E-state index in [1.807, 2.05) is 49.4 Å². The van der Waals surface area contributed by atoms with Gasteiger partial charge in [-0.1, -0.05) is 19.1 Å². The van der Waals surface area contributed by atoms with Gasteiger partial charge in [-0.25, -0.2) is 5.01 Å². The first-order chi connectivity index (χ1) is 17.5. The van der Waals surface area contributed by atoms with Crippen LogP contribution in [0.1, 0.15) is 48.2 Å². The molecule has 1 atom stereocenters. The van der Waals surface area contributed by atoms with Crippen LogP contribution >= 0.6 is 0 Å². The molecule has 0 spiro atoms. The summed E-state index contributed by atoms with van der Waals surface area (Å²) in [6.45, 7) is 4.87. The Morgan fingerprint density at radius 2 is 1.81 bits per heavy atom. The monoisotopic (exact) mass is 486 g/mol. The second-order valence-corrected chi connectivity index (χ2v) is 8.43. The Kier molecular flexibility index (Phi) is 7.95. The lowest BCUT2D eigenvalue weighted by atomic mass is 9.89. The highest BCUT2D eigenvalue weighted by molar-refractivity contribution is 6.06. The van der Waals surface area contributed by atoms with Crippen molar-refractivity contribution in [1.82, 2.24) is 9.99 Å². The molecule has 0 saturated carbocycles. The summed E-state index contributed by atoms with van der Waals surface area (Å²) in [6, 6.07) is 16.5. The molecule has 36 heavy (non-hydrogen) atoms. The molecular formula is C28H30N4O4. The van der Waals surface area contributed by atoms with Crippen LogP contribution in [0.25, 0.3) is 0 Å². The first-order valence-electron chi connectivity index (χ1n) is 12.0. The van der Waals surface area contributed by atoms with Gasteiger partial charge in [-0.2, -0.15) is 5.10 Å². The summed E-state index contributed by atoms with van der Waals surface area (Å²) in [5.74, 6) is 1.12. The second-order valence-electron chi connectivity index (χ2n) is 8.43. The predicted molar refractivity (Wildman–Crippen MR) is 138 cm³/mol. The Morgan fingerprint density at radius 3 is 2.47 bits per heavy atom. The van der Waals surface area contributed by atoms with Crippen molar-refractivity contribution >= 4 is 23.2 Å². The zero-order valence-corrected chi connectivity index (χ0v) is 20.7. The summed E-state index contributed by atoms with van der Waals surface area (Å²) in [7, 11) is 1.61. The summed E-state index contributed by atoms with van der Waals surface area (Å²) >= 11 is 0. The van der Waals surface area contributed by atoms with E-state index in [1.54, 1.807) is 31.6 Å². The van der Waals surface area contributed by atoms with Gasteiger partial charge < -0.3 is 14.8 Å². The molecular weight excluding hydrogens is 456 g/mol. The summed E-state index contributed by atoms with van der Waals surface area (Å²) in [6.07, 6.45) is 4.36. The minimum Gasteiger partial charge on any atom is -0.493 e. The number of carbonyl (C=O) groups is 2. The molecule has 2 aromatic carbocycles. The van der Waals surface area contributed by atoms with E-state index < -0.39 is 0 Å². The molecule has 0 radical (unpaired) electrons. The number of anilines is 1. The van der Waals surface area contributed by atoms with Gasteiger partial charge in [0.05, 0.1) is 26.0 Å². The summed E-state index contributed by atoms with van der Waals surface area (Å²) < 4.78 is 11.2. The maximum atomic E-state index is 12.9. The fourth-order valence-corrected chi connectivity index (χ4v) is 4.11. The molecule has 0 fully saturated rings. The number of hydrogen-bond donors (Lipinski definition) is 1. The van der Waals surface area contributed by atoms with E-state index in [0.717, 1.165) is 23.3 Å². The van der Waals surface area contributed by atoms with E-state index >= 15 is 0 Å². The average Bonchev–Trinajstić information content (AvgIpc) is 2.91. The van der Waals surface area contributed by atoms with Crippen molar-refractivity contribution in [2.24, 2.45) is 11.0 Å². The maximum Gasteiger partial charge on any atom is 0.255 e. The number of benzene rings is 2. The maximum absolute atomic E-state index is 12.9. The third-order valence-electron chi connectivity index (χ3n) is 6.06. The number of ether oxygens (including phenoxy) is 2. The van der Waals surface area contributed by atoms with Crippen LogP contribution in [-0.4, -0.2) is 41.2 Å². The molecule has 1 aliphatic heterocycles. The highest BCUT2D eigenvalue weighted by Crippen LogP contribution is 2.32. The molecule has 8 heteroatoms. The second kappa shape index (κ2) is 11.5. The van der Waals surface area contributed by atoms with Gasteiger partial charge in [0.1, 0.15) is 0 Å². The van der Waals surface area contributed by atoms with Gasteiger partial charge >= 0.3 is 0 Å². The van der Waals surface area contributed by atoms with Crippen LogP contribution < -0.4 is 14.8 Å². The first kappa shape index (κ1) is 24.9. The Hall–Kier alpha value is -4.20. The third kappa shape index (κ3) is 5.71. The van der Waals surface area contributed by atoms with Crippen LogP contribution in [-0.2, 0) is 11.3 Å². The third-order valence-corrected chi connectivity index (χ3v) is 6.06. The van der Waals surface area contributed by atoms with Gasteiger partial charge in [0.15, 0.2) is 11.5 Å². The van der Waals surface area contributed by atoms with Gasteiger partial charge in [-0.15, -0.1) is 0 Å². The number of hydrogen-bond acceptors (Lipinski definition) is 6. The van der Waals surface area contributed by atoms with Crippen LogP contribution in [0.4, 0.5) is 5.69 Å². The molecule has 1 aromatic heterocycles. The Labute approximate surface area is 210 Å². The number of amides is 2. The minimum atomic E-state index is -0.206. The topological polar surface area (TPSA) is 93.1 Å². The normalized spacial score (nSPS) is 15.3. The molecule has 1 aliphatic rings. The zero-order chi connectivity index (χ0) is 25.5. The van der Waals surface area contributed by atoms with Crippen molar-refractivity contribution in [3.05, 3.63) is 83.7 Å². The lowest BCUT2D eigenvalue weighted by Gasteiger charge is -2.29. The number of rotatable bonds is 9. The van der Waals surface area contributed by atoms with Crippen LogP contribution in [0.3, 0.4) is 0 Å². The van der Waals surface area contributed by atoms with E-state index in [0.29, 0.717) is 42.3 Å². The summed E-state index contributed by atoms with van der Waals surface area (Å²) in [4.78, 5) is 29.2. The van der Waals surface area contributed by atoms with Crippen LogP contribution in [0.5, 0.6) is 11.5 Å². The van der Waals surface area contributed by atoms with E-state index in [1.165, 1.54) is 5.01 Å². The van der Waals surface area contributed by atoms with Crippen molar-refractivity contribution in [2.45, 2.75) is 33.2 Å². The Balaban J connectivity index is 1.52. The van der Waals surface area contributed by atoms with Gasteiger partial charge in [0.2, 0.25) is 5.91 Å². The predicted octanol–water partition coefficient (Wildman–Crippen LogP) is 4.90. The van der Waals surface area contributed by atoms with Crippen LogP contribution in [0, 0.1) is 5.92 Å². The average molecular weight is 487 g/mol. The number of nitrogens with zero attached hydrogens (tertiary/aromatic N) is 3.